The molecule has 3 N–H and O–H groups in total. The lowest BCUT2D eigenvalue weighted by Crippen LogP contribution is -2.31. The third-order valence-electron chi connectivity index (χ3n) is 2.80. The Hall–Kier alpha value is -2.11. The summed E-state index contributed by atoms with van der Waals surface area (Å²) < 4.78 is 0. The third kappa shape index (κ3) is 3.46. The Kier molecular flexibility index (Phi) is 4.55. The molecule has 1 amide bonds. The van der Waals surface area contributed by atoms with E-state index in [1.807, 2.05) is 0 Å². The van der Waals surface area contributed by atoms with Crippen molar-refractivity contribution in [2.24, 2.45) is 0 Å². The minimum absolute atomic E-state index is 0.237. The van der Waals surface area contributed by atoms with E-state index in [1.165, 1.54) is 18.3 Å². The van der Waals surface area contributed by atoms with E-state index in [9.17, 15) is 14.7 Å². The van der Waals surface area contributed by atoms with Crippen LogP contribution in [0.4, 0.5) is 0 Å². The van der Waals surface area contributed by atoms with Gasteiger partial charge in [-0.15, -0.1) is 0 Å². The number of benzene rings is 1. The smallest absolute Gasteiger partial charge is 0.252 e. The van der Waals surface area contributed by atoms with Gasteiger partial charge in [0.1, 0.15) is 0 Å². The molecule has 0 bridgehead atoms. The lowest BCUT2D eigenvalue weighted by atomic mass is 10.1. The molecule has 0 saturated heterocycles. The normalized spacial score (nSPS) is 11.9. The van der Waals surface area contributed by atoms with Gasteiger partial charge in [0, 0.05) is 22.8 Å². The molecule has 5 nitrogen and oxygen atoms in total. The molecule has 1 aromatic heterocycles. The Morgan fingerprint density at radius 2 is 2.00 bits per heavy atom. The van der Waals surface area contributed by atoms with E-state index in [0.717, 1.165) is 5.56 Å². The summed E-state index contributed by atoms with van der Waals surface area (Å²) in [5.74, 6) is -0.426. The molecule has 104 valence electrons. The van der Waals surface area contributed by atoms with Crippen molar-refractivity contribution >= 4 is 17.5 Å². The van der Waals surface area contributed by atoms with Crippen LogP contribution < -0.4 is 10.9 Å². The minimum Gasteiger partial charge on any atom is -0.394 e. The Balaban J connectivity index is 2.16. The quantitative estimate of drug-likeness (QED) is 0.798. The van der Waals surface area contributed by atoms with Gasteiger partial charge in [-0.25, -0.2) is 0 Å². The zero-order valence-electron chi connectivity index (χ0n) is 10.5. The maximum absolute atomic E-state index is 12.0. The molecule has 0 aliphatic carbocycles. The van der Waals surface area contributed by atoms with Gasteiger partial charge in [-0.05, 0) is 23.8 Å². The number of aromatic amines is 1. The van der Waals surface area contributed by atoms with Gasteiger partial charge in [0.15, 0.2) is 0 Å². The number of nitrogens with one attached hydrogen (secondary N) is 2. The number of amides is 1. The summed E-state index contributed by atoms with van der Waals surface area (Å²) in [5, 5.41) is 12.6. The minimum atomic E-state index is -0.556. The van der Waals surface area contributed by atoms with Gasteiger partial charge in [0.25, 0.3) is 5.91 Å². The van der Waals surface area contributed by atoms with Crippen molar-refractivity contribution in [3.8, 4) is 0 Å². The molecule has 2 rings (SSSR count). The molecule has 2 aromatic rings. The highest BCUT2D eigenvalue weighted by atomic mass is 35.5. The molecule has 0 radical (unpaired) electrons. The van der Waals surface area contributed by atoms with Crippen LogP contribution in [0.25, 0.3) is 0 Å². The molecule has 6 heteroatoms. The molecule has 0 aliphatic rings. The predicted octanol–water partition coefficient (Wildman–Crippen LogP) is 1.49. The largest absolute Gasteiger partial charge is 0.394 e. The van der Waals surface area contributed by atoms with Gasteiger partial charge in [-0.1, -0.05) is 23.7 Å². The number of aliphatic hydroxyl groups is 1. The molecular weight excluding hydrogens is 280 g/mol. The van der Waals surface area contributed by atoms with Crippen molar-refractivity contribution in [3.05, 3.63) is 69.1 Å². The lowest BCUT2D eigenvalue weighted by Gasteiger charge is -2.16. The van der Waals surface area contributed by atoms with Crippen molar-refractivity contribution in [3.63, 3.8) is 0 Å². The Labute approximate surface area is 120 Å². The van der Waals surface area contributed by atoms with Crippen LogP contribution in [0.3, 0.4) is 0 Å². The molecule has 0 saturated carbocycles. The number of carbonyl (C=O) groups excluding carboxylic acids is 1. The number of hydrogen-bond donors (Lipinski definition) is 3. The summed E-state index contributed by atoms with van der Waals surface area (Å²) in [6.07, 6.45) is 1.40. The monoisotopic (exact) mass is 292 g/mol. The van der Waals surface area contributed by atoms with Crippen LogP contribution in [0.1, 0.15) is 22.0 Å². The van der Waals surface area contributed by atoms with Crippen molar-refractivity contribution in [2.75, 3.05) is 6.61 Å². The van der Waals surface area contributed by atoms with E-state index in [4.69, 9.17) is 11.6 Å². The van der Waals surface area contributed by atoms with Gasteiger partial charge in [-0.2, -0.15) is 0 Å². The van der Waals surface area contributed by atoms with Crippen LogP contribution >= 0.6 is 11.6 Å². The van der Waals surface area contributed by atoms with E-state index in [-0.39, 0.29) is 17.7 Å². The fraction of sp³-hybridized carbons (Fsp3) is 0.143. The van der Waals surface area contributed by atoms with Crippen LogP contribution in [-0.4, -0.2) is 22.6 Å². The van der Waals surface area contributed by atoms with Gasteiger partial charge >= 0.3 is 0 Å². The zero-order chi connectivity index (χ0) is 14.5. The third-order valence-corrected chi connectivity index (χ3v) is 3.05. The summed E-state index contributed by atoms with van der Waals surface area (Å²) in [5.41, 5.74) is 0.612. The van der Waals surface area contributed by atoms with Crippen LogP contribution in [0.2, 0.25) is 5.02 Å². The first-order valence-corrected chi connectivity index (χ1v) is 6.34. The number of H-pyrrole nitrogens is 1. The van der Waals surface area contributed by atoms with Crippen LogP contribution in [0.15, 0.2) is 47.4 Å². The number of rotatable bonds is 4. The molecular formula is C14H13ClN2O3. The van der Waals surface area contributed by atoms with Gasteiger partial charge in [-0.3, -0.25) is 9.59 Å². The Morgan fingerprint density at radius 3 is 2.60 bits per heavy atom. The average molecular weight is 293 g/mol. The molecule has 0 aliphatic heterocycles. The molecule has 1 aromatic carbocycles. The number of carbonyl (C=O) groups is 1. The second kappa shape index (κ2) is 6.36. The second-order valence-corrected chi connectivity index (χ2v) is 4.64. The molecule has 1 unspecified atom stereocenters. The fourth-order valence-electron chi connectivity index (χ4n) is 1.76. The van der Waals surface area contributed by atoms with Gasteiger partial charge in [0.2, 0.25) is 5.56 Å². The number of hydrogen-bond acceptors (Lipinski definition) is 3. The highest BCUT2D eigenvalue weighted by molar-refractivity contribution is 6.30. The number of halogens is 1. The number of aromatic nitrogens is 1. The summed E-state index contributed by atoms with van der Waals surface area (Å²) >= 11 is 5.79. The number of pyridine rings is 1. The van der Waals surface area contributed by atoms with Crippen molar-refractivity contribution in [1.82, 2.24) is 10.3 Å². The fourth-order valence-corrected chi connectivity index (χ4v) is 1.88. The molecule has 0 fully saturated rings. The van der Waals surface area contributed by atoms with E-state index in [2.05, 4.69) is 10.3 Å². The van der Waals surface area contributed by atoms with Crippen molar-refractivity contribution in [1.29, 1.82) is 0 Å². The topological polar surface area (TPSA) is 82.2 Å². The average Bonchev–Trinajstić information content (AvgIpc) is 2.45. The molecule has 1 heterocycles. The highest BCUT2D eigenvalue weighted by Gasteiger charge is 2.15. The first kappa shape index (κ1) is 14.3. The lowest BCUT2D eigenvalue weighted by molar-refractivity contribution is 0.0916. The SMILES string of the molecule is O=C(NC(CO)c1ccc(Cl)cc1)c1cc[nH]c(=O)c1. The number of aliphatic hydroxyl groups excluding tert-OH is 1. The van der Waals surface area contributed by atoms with Crippen LogP contribution in [0.5, 0.6) is 0 Å². The summed E-state index contributed by atoms with van der Waals surface area (Å²) in [6.45, 7) is -0.253. The van der Waals surface area contributed by atoms with Crippen molar-refractivity contribution in [2.45, 2.75) is 6.04 Å². The van der Waals surface area contributed by atoms with E-state index in [0.29, 0.717) is 5.02 Å². The van der Waals surface area contributed by atoms with Gasteiger partial charge in [0.05, 0.1) is 12.6 Å². The molecule has 0 spiro atoms. The first-order valence-electron chi connectivity index (χ1n) is 5.96. The van der Waals surface area contributed by atoms with E-state index < -0.39 is 11.9 Å². The Morgan fingerprint density at radius 1 is 1.30 bits per heavy atom. The zero-order valence-corrected chi connectivity index (χ0v) is 11.2. The first-order chi connectivity index (χ1) is 9.60. The van der Waals surface area contributed by atoms with Gasteiger partial charge < -0.3 is 15.4 Å². The molecule has 1 atom stereocenters. The van der Waals surface area contributed by atoms with E-state index >= 15 is 0 Å². The summed E-state index contributed by atoms with van der Waals surface area (Å²) in [6, 6.07) is 8.94. The highest BCUT2D eigenvalue weighted by Crippen LogP contribution is 2.16. The molecule has 20 heavy (non-hydrogen) atoms. The standard InChI is InChI=1S/C14H13ClN2O3/c15-11-3-1-9(2-4-11)12(8-18)17-14(20)10-5-6-16-13(19)7-10/h1-7,12,18H,8H2,(H,16,19)(H,17,20). The van der Waals surface area contributed by atoms with Crippen LogP contribution in [-0.2, 0) is 0 Å². The maximum Gasteiger partial charge on any atom is 0.252 e. The summed E-state index contributed by atoms with van der Waals surface area (Å²) in [7, 11) is 0. The van der Waals surface area contributed by atoms with E-state index in [1.54, 1.807) is 24.3 Å². The predicted molar refractivity (Wildman–Crippen MR) is 75.8 cm³/mol. The van der Waals surface area contributed by atoms with Crippen molar-refractivity contribution < 1.29 is 9.90 Å². The summed E-state index contributed by atoms with van der Waals surface area (Å²) in [4.78, 5) is 25.6. The second-order valence-electron chi connectivity index (χ2n) is 4.20. The van der Waals surface area contributed by atoms with Crippen LogP contribution in [0, 0.1) is 0 Å². The maximum atomic E-state index is 12.0. The Bertz CT molecular complexity index is 652.